The minimum absolute atomic E-state index is 0.332. The third kappa shape index (κ3) is 6.41. The van der Waals surface area contributed by atoms with Gasteiger partial charge in [-0.3, -0.25) is 4.79 Å². The Bertz CT molecular complexity index is 985. The van der Waals surface area contributed by atoms with Gasteiger partial charge in [-0.2, -0.15) is 5.10 Å². The number of ether oxygens (including phenoxy) is 1. The van der Waals surface area contributed by atoms with Gasteiger partial charge in [0.05, 0.1) is 18.3 Å². The van der Waals surface area contributed by atoms with Crippen molar-refractivity contribution in [2.24, 2.45) is 5.10 Å². The molecule has 3 rings (SSSR count). The molecule has 0 bridgehead atoms. The lowest BCUT2D eigenvalue weighted by Crippen LogP contribution is -2.19. The lowest BCUT2D eigenvalue weighted by atomic mass is 10.1. The van der Waals surface area contributed by atoms with Crippen LogP contribution in [0, 0.1) is 0 Å². The predicted octanol–water partition coefficient (Wildman–Crippen LogP) is 5.74. The largest absolute Gasteiger partial charge is 0.493 e. The number of rotatable bonds is 11. The van der Waals surface area contributed by atoms with E-state index < -0.39 is 0 Å². The standard InChI is InChI=1S/C25H29N3O2/c1-2-3-4-5-6-11-18-30-24-15-10-8-13-21(24)19-26-28-25(29)23-17-16-20-12-7-9-14-22(20)27-23/h7-10,12-17,19H,2-6,11,18H2,1H3,(H,28,29)/b26-19-. The number of carbonyl (C=O) groups excluding carboxylic acids is 1. The van der Waals surface area contributed by atoms with Crippen LogP contribution < -0.4 is 10.2 Å². The molecule has 0 fully saturated rings. The molecule has 0 saturated heterocycles. The number of pyridine rings is 1. The molecule has 0 aliphatic rings. The number of benzene rings is 2. The second-order valence-corrected chi connectivity index (χ2v) is 7.24. The number of unbranched alkanes of at least 4 members (excludes halogenated alkanes) is 5. The molecular weight excluding hydrogens is 374 g/mol. The highest BCUT2D eigenvalue weighted by molar-refractivity contribution is 5.95. The molecule has 156 valence electrons. The molecule has 0 aliphatic heterocycles. The lowest BCUT2D eigenvalue weighted by molar-refractivity contribution is 0.0950. The van der Waals surface area contributed by atoms with Crippen molar-refractivity contribution in [1.82, 2.24) is 10.4 Å². The molecule has 30 heavy (non-hydrogen) atoms. The molecule has 5 nitrogen and oxygen atoms in total. The Balaban J connectivity index is 1.52. The average Bonchev–Trinajstić information content (AvgIpc) is 2.79. The predicted molar refractivity (Wildman–Crippen MR) is 122 cm³/mol. The zero-order valence-corrected chi connectivity index (χ0v) is 17.5. The maximum absolute atomic E-state index is 12.4. The zero-order valence-electron chi connectivity index (χ0n) is 17.5. The van der Waals surface area contributed by atoms with E-state index in [9.17, 15) is 4.79 Å². The first-order chi connectivity index (χ1) is 14.8. The van der Waals surface area contributed by atoms with Gasteiger partial charge in [0.2, 0.25) is 0 Å². The van der Waals surface area contributed by atoms with Gasteiger partial charge < -0.3 is 4.74 Å². The molecule has 5 heteroatoms. The molecule has 0 spiro atoms. The lowest BCUT2D eigenvalue weighted by Gasteiger charge is -2.09. The highest BCUT2D eigenvalue weighted by Gasteiger charge is 2.07. The Morgan fingerprint density at radius 1 is 0.967 bits per heavy atom. The quantitative estimate of drug-likeness (QED) is 0.252. The van der Waals surface area contributed by atoms with E-state index in [2.05, 4.69) is 22.4 Å². The van der Waals surface area contributed by atoms with Crippen molar-refractivity contribution in [3.63, 3.8) is 0 Å². The number of nitrogens with one attached hydrogen (secondary N) is 1. The molecule has 0 radical (unpaired) electrons. The van der Waals surface area contributed by atoms with Gasteiger partial charge in [0, 0.05) is 10.9 Å². The topological polar surface area (TPSA) is 63.6 Å². The minimum Gasteiger partial charge on any atom is -0.493 e. The maximum Gasteiger partial charge on any atom is 0.289 e. The van der Waals surface area contributed by atoms with E-state index in [0.29, 0.717) is 12.3 Å². The molecule has 0 saturated carbocycles. The fourth-order valence-corrected chi connectivity index (χ4v) is 3.19. The normalized spacial score (nSPS) is 11.1. The van der Waals surface area contributed by atoms with E-state index in [4.69, 9.17) is 4.74 Å². The van der Waals surface area contributed by atoms with E-state index in [1.807, 2.05) is 54.6 Å². The first-order valence-electron chi connectivity index (χ1n) is 10.7. The van der Waals surface area contributed by atoms with Gasteiger partial charge in [-0.25, -0.2) is 10.4 Å². The van der Waals surface area contributed by atoms with Crippen LogP contribution in [0.15, 0.2) is 65.8 Å². The fraction of sp³-hybridized carbons (Fsp3) is 0.320. The maximum atomic E-state index is 12.4. The van der Waals surface area contributed by atoms with Gasteiger partial charge >= 0.3 is 0 Å². The molecule has 1 aromatic heterocycles. The monoisotopic (exact) mass is 403 g/mol. The van der Waals surface area contributed by atoms with Crippen LogP contribution >= 0.6 is 0 Å². The van der Waals surface area contributed by atoms with E-state index >= 15 is 0 Å². The van der Waals surface area contributed by atoms with Crippen LogP contribution in [0.5, 0.6) is 5.75 Å². The van der Waals surface area contributed by atoms with Crippen LogP contribution in [-0.2, 0) is 0 Å². The summed E-state index contributed by atoms with van der Waals surface area (Å²) in [6.45, 7) is 2.91. The Morgan fingerprint density at radius 3 is 2.63 bits per heavy atom. The van der Waals surface area contributed by atoms with Gasteiger partial charge in [0.25, 0.3) is 5.91 Å². The van der Waals surface area contributed by atoms with E-state index in [1.54, 1.807) is 12.3 Å². The highest BCUT2D eigenvalue weighted by Crippen LogP contribution is 2.17. The SMILES string of the molecule is CCCCCCCCOc1ccccc1/C=N\NC(=O)c1ccc2ccccc2n1. The first-order valence-corrected chi connectivity index (χ1v) is 10.7. The summed E-state index contributed by atoms with van der Waals surface area (Å²) >= 11 is 0. The number of hydrogen-bond donors (Lipinski definition) is 1. The number of aromatic nitrogens is 1. The van der Waals surface area contributed by atoms with Crippen molar-refractivity contribution in [1.29, 1.82) is 0 Å². The molecule has 3 aromatic rings. The molecule has 1 amide bonds. The second-order valence-electron chi connectivity index (χ2n) is 7.24. The summed E-state index contributed by atoms with van der Waals surface area (Å²) in [6.07, 6.45) is 8.96. The smallest absolute Gasteiger partial charge is 0.289 e. The number of carbonyl (C=O) groups is 1. The summed E-state index contributed by atoms with van der Waals surface area (Å²) < 4.78 is 5.92. The van der Waals surface area contributed by atoms with Gasteiger partial charge in [-0.05, 0) is 30.7 Å². The summed E-state index contributed by atoms with van der Waals surface area (Å²) in [6, 6.07) is 19.0. The third-order valence-electron chi connectivity index (χ3n) is 4.88. The number of fused-ring (bicyclic) bond motifs is 1. The van der Waals surface area contributed by atoms with Crippen molar-refractivity contribution >= 4 is 23.0 Å². The number of nitrogens with zero attached hydrogens (tertiary/aromatic N) is 2. The summed E-state index contributed by atoms with van der Waals surface area (Å²) in [5, 5.41) is 5.09. The summed E-state index contributed by atoms with van der Waals surface area (Å²) in [5.74, 6) is 0.426. The van der Waals surface area contributed by atoms with Gasteiger partial charge in [-0.15, -0.1) is 0 Å². The number of para-hydroxylation sites is 2. The molecule has 2 aromatic carbocycles. The summed E-state index contributed by atoms with van der Waals surface area (Å²) in [5.41, 5.74) is 4.49. The first kappa shape index (κ1) is 21.5. The molecule has 1 heterocycles. The number of hydrazone groups is 1. The summed E-state index contributed by atoms with van der Waals surface area (Å²) in [4.78, 5) is 16.7. The van der Waals surface area contributed by atoms with Crippen molar-refractivity contribution in [3.8, 4) is 5.75 Å². The Kier molecular flexibility index (Phi) is 8.39. The Labute approximate surface area is 178 Å². The van der Waals surface area contributed by atoms with Crippen molar-refractivity contribution in [2.75, 3.05) is 6.61 Å². The highest BCUT2D eigenvalue weighted by atomic mass is 16.5. The van der Waals surface area contributed by atoms with Crippen LogP contribution in [0.2, 0.25) is 0 Å². The zero-order chi connectivity index (χ0) is 21.0. The minimum atomic E-state index is -0.345. The molecule has 1 N–H and O–H groups in total. The van der Waals surface area contributed by atoms with Gasteiger partial charge in [0.15, 0.2) is 0 Å². The van der Waals surface area contributed by atoms with Crippen LogP contribution in [0.3, 0.4) is 0 Å². The van der Waals surface area contributed by atoms with Crippen LogP contribution in [0.4, 0.5) is 0 Å². The molecular formula is C25H29N3O2. The second kappa shape index (κ2) is 11.7. The third-order valence-corrected chi connectivity index (χ3v) is 4.88. The average molecular weight is 404 g/mol. The molecule has 0 aliphatic carbocycles. The Hall–Kier alpha value is -3.21. The van der Waals surface area contributed by atoms with E-state index in [1.165, 1.54) is 32.1 Å². The van der Waals surface area contributed by atoms with Gasteiger partial charge in [-0.1, -0.05) is 75.4 Å². The van der Waals surface area contributed by atoms with Crippen molar-refractivity contribution in [3.05, 3.63) is 71.9 Å². The summed E-state index contributed by atoms with van der Waals surface area (Å²) in [7, 11) is 0. The van der Waals surface area contributed by atoms with E-state index in [-0.39, 0.29) is 5.91 Å². The molecule has 0 unspecified atom stereocenters. The fourth-order valence-electron chi connectivity index (χ4n) is 3.19. The van der Waals surface area contributed by atoms with Crippen LogP contribution in [-0.4, -0.2) is 23.7 Å². The van der Waals surface area contributed by atoms with Crippen molar-refractivity contribution < 1.29 is 9.53 Å². The van der Waals surface area contributed by atoms with Crippen molar-refractivity contribution in [2.45, 2.75) is 45.4 Å². The molecule has 0 atom stereocenters. The Morgan fingerprint density at radius 2 is 1.73 bits per heavy atom. The number of hydrogen-bond acceptors (Lipinski definition) is 4. The van der Waals surface area contributed by atoms with Gasteiger partial charge in [0.1, 0.15) is 11.4 Å². The number of amides is 1. The van der Waals surface area contributed by atoms with E-state index in [0.717, 1.165) is 28.6 Å². The van der Waals surface area contributed by atoms with Crippen LogP contribution in [0.25, 0.3) is 10.9 Å². The van der Waals surface area contributed by atoms with Crippen LogP contribution in [0.1, 0.15) is 61.5 Å².